The van der Waals surface area contributed by atoms with Gasteiger partial charge >= 0.3 is 29.0 Å². The van der Waals surface area contributed by atoms with E-state index in [0.717, 1.165) is 16.2 Å². The number of carbonyl (C=O) groups excluding carboxylic acids is 2. The number of rotatable bonds is 12. The summed E-state index contributed by atoms with van der Waals surface area (Å²) in [6, 6.07) is 28.9. The summed E-state index contributed by atoms with van der Waals surface area (Å²) >= 11 is 0. The van der Waals surface area contributed by atoms with E-state index in [2.05, 4.69) is 6.58 Å². The van der Waals surface area contributed by atoms with Crippen molar-refractivity contribution < 1.29 is 29.3 Å². The second-order valence-corrected chi connectivity index (χ2v) is 11.7. The van der Waals surface area contributed by atoms with E-state index in [0.29, 0.717) is 35.4 Å². The molecule has 0 amide bonds. The minimum Gasteiger partial charge on any atom is -0.459 e. The second-order valence-electron chi connectivity index (χ2n) is 11.7. The van der Waals surface area contributed by atoms with Gasteiger partial charge in [-0.3, -0.25) is 0 Å². The number of aliphatic hydroxyl groups is 2. The highest BCUT2D eigenvalue weighted by Crippen LogP contribution is 2.29. The SMILES string of the molecule is C=CCn1c(=O)n(CC(O)COC(=O)c2cccc3ccccc23)c(=O)n(CC(O)COC(=O)c2c3ccccc3cc3ccccc23)c1=O. The molecule has 0 bridgehead atoms. The van der Waals surface area contributed by atoms with Gasteiger partial charge in [0.1, 0.15) is 25.4 Å². The summed E-state index contributed by atoms with van der Waals surface area (Å²) in [4.78, 5) is 66.1. The Bertz CT molecular complexity index is 2380. The Kier molecular flexibility index (Phi) is 9.84. The molecule has 0 aliphatic heterocycles. The van der Waals surface area contributed by atoms with E-state index < -0.39 is 67.5 Å². The fraction of sp³-hybridized carbons (Fsp3) is 0.184. The van der Waals surface area contributed by atoms with Gasteiger partial charge in [0.05, 0.1) is 30.8 Å². The van der Waals surface area contributed by atoms with Crippen molar-refractivity contribution in [2.24, 2.45) is 0 Å². The van der Waals surface area contributed by atoms with Crippen LogP contribution in [-0.4, -0.2) is 61.3 Å². The van der Waals surface area contributed by atoms with E-state index in [9.17, 15) is 34.2 Å². The molecule has 0 saturated carbocycles. The van der Waals surface area contributed by atoms with Crippen LogP contribution in [-0.2, 0) is 29.1 Å². The van der Waals surface area contributed by atoms with Gasteiger partial charge in [0.25, 0.3) is 0 Å². The zero-order valence-corrected chi connectivity index (χ0v) is 26.8. The maximum Gasteiger partial charge on any atom is 0.339 e. The maximum absolute atomic E-state index is 13.4. The summed E-state index contributed by atoms with van der Waals surface area (Å²) in [5.41, 5.74) is -2.60. The van der Waals surface area contributed by atoms with Crippen molar-refractivity contribution in [3.05, 3.63) is 152 Å². The number of carbonyl (C=O) groups is 2. The Morgan fingerprint density at radius 1 is 0.620 bits per heavy atom. The highest BCUT2D eigenvalue weighted by molar-refractivity contribution is 6.16. The fourth-order valence-corrected chi connectivity index (χ4v) is 5.94. The molecular weight excluding hydrogens is 642 g/mol. The van der Waals surface area contributed by atoms with Crippen molar-refractivity contribution in [3.8, 4) is 0 Å². The summed E-state index contributed by atoms with van der Waals surface area (Å²) in [5.74, 6) is -1.42. The van der Waals surface area contributed by atoms with Crippen molar-refractivity contribution >= 4 is 44.3 Å². The number of fused-ring (bicyclic) bond motifs is 3. The van der Waals surface area contributed by atoms with Gasteiger partial charge < -0.3 is 19.7 Å². The third-order valence-corrected chi connectivity index (χ3v) is 8.28. The molecule has 2 atom stereocenters. The molecule has 2 unspecified atom stereocenters. The van der Waals surface area contributed by atoms with E-state index in [1.807, 2.05) is 48.5 Å². The Morgan fingerprint density at radius 3 is 1.64 bits per heavy atom. The van der Waals surface area contributed by atoms with E-state index in [1.165, 1.54) is 6.08 Å². The van der Waals surface area contributed by atoms with Gasteiger partial charge in [0.15, 0.2) is 0 Å². The van der Waals surface area contributed by atoms with Gasteiger partial charge in [-0.2, -0.15) is 0 Å². The van der Waals surface area contributed by atoms with Crippen LogP contribution in [0.15, 0.2) is 124 Å². The summed E-state index contributed by atoms with van der Waals surface area (Å²) in [5, 5.41) is 26.0. The van der Waals surface area contributed by atoms with Gasteiger partial charge in [-0.05, 0) is 44.5 Å². The molecule has 1 heterocycles. The van der Waals surface area contributed by atoms with Crippen molar-refractivity contribution in [3.63, 3.8) is 0 Å². The van der Waals surface area contributed by atoms with Crippen molar-refractivity contribution in [2.45, 2.75) is 31.8 Å². The second kappa shape index (κ2) is 14.6. The predicted octanol–water partition coefficient (Wildman–Crippen LogP) is 3.25. The molecule has 0 aliphatic carbocycles. The Labute approximate surface area is 284 Å². The smallest absolute Gasteiger partial charge is 0.339 e. The molecule has 6 rings (SSSR count). The molecule has 0 spiro atoms. The number of ether oxygens (including phenoxy) is 2. The van der Waals surface area contributed by atoms with Crippen molar-refractivity contribution in [1.82, 2.24) is 13.7 Å². The molecule has 1 aromatic heterocycles. The van der Waals surface area contributed by atoms with Crippen LogP contribution >= 0.6 is 0 Å². The zero-order valence-electron chi connectivity index (χ0n) is 26.8. The third kappa shape index (κ3) is 6.75. The van der Waals surface area contributed by atoms with E-state index >= 15 is 0 Å². The topological polar surface area (TPSA) is 159 Å². The largest absolute Gasteiger partial charge is 0.459 e. The Balaban J connectivity index is 1.19. The molecule has 12 heteroatoms. The first-order chi connectivity index (χ1) is 24.2. The predicted molar refractivity (Wildman–Crippen MR) is 187 cm³/mol. The minimum absolute atomic E-state index is 0.274. The van der Waals surface area contributed by atoms with Crippen LogP contribution in [0, 0.1) is 0 Å². The van der Waals surface area contributed by atoms with E-state index in [-0.39, 0.29) is 12.1 Å². The highest BCUT2D eigenvalue weighted by Gasteiger charge is 2.23. The van der Waals surface area contributed by atoms with Crippen LogP contribution in [0.3, 0.4) is 0 Å². The fourth-order valence-electron chi connectivity index (χ4n) is 5.94. The summed E-state index contributed by atoms with van der Waals surface area (Å²) in [7, 11) is 0. The number of hydrogen-bond acceptors (Lipinski definition) is 9. The van der Waals surface area contributed by atoms with Gasteiger partial charge in [-0.15, -0.1) is 6.58 Å². The van der Waals surface area contributed by atoms with Crippen LogP contribution in [0.4, 0.5) is 0 Å². The number of benzene rings is 5. The number of aromatic nitrogens is 3. The molecule has 0 saturated heterocycles. The molecule has 0 fully saturated rings. The first-order valence-electron chi connectivity index (χ1n) is 15.8. The lowest BCUT2D eigenvalue weighted by Gasteiger charge is -2.18. The molecule has 254 valence electrons. The third-order valence-electron chi connectivity index (χ3n) is 8.28. The van der Waals surface area contributed by atoms with Crippen LogP contribution < -0.4 is 17.1 Å². The molecule has 0 aliphatic rings. The van der Waals surface area contributed by atoms with Crippen LogP contribution in [0.5, 0.6) is 0 Å². The van der Waals surface area contributed by atoms with Crippen LogP contribution in [0.25, 0.3) is 32.3 Å². The van der Waals surface area contributed by atoms with Crippen LogP contribution in [0.1, 0.15) is 20.7 Å². The van der Waals surface area contributed by atoms with Crippen molar-refractivity contribution in [2.75, 3.05) is 13.2 Å². The summed E-state index contributed by atoms with van der Waals surface area (Å²) in [6.45, 7) is 0.883. The highest BCUT2D eigenvalue weighted by atomic mass is 16.5. The lowest BCUT2D eigenvalue weighted by Crippen LogP contribution is -2.56. The molecule has 6 aromatic rings. The van der Waals surface area contributed by atoms with E-state index in [4.69, 9.17) is 9.47 Å². The zero-order chi connectivity index (χ0) is 35.4. The average Bonchev–Trinajstić information content (AvgIpc) is 3.13. The molecule has 0 radical (unpaired) electrons. The molecule has 5 aromatic carbocycles. The van der Waals surface area contributed by atoms with E-state index in [1.54, 1.807) is 48.5 Å². The molecule has 2 N–H and O–H groups in total. The quantitative estimate of drug-likeness (QED) is 0.113. The number of hydrogen-bond donors (Lipinski definition) is 2. The normalized spacial score (nSPS) is 12.5. The lowest BCUT2D eigenvalue weighted by atomic mass is 9.97. The Morgan fingerprint density at radius 2 is 1.08 bits per heavy atom. The lowest BCUT2D eigenvalue weighted by molar-refractivity contribution is 0.0192. The summed E-state index contributed by atoms with van der Waals surface area (Å²) in [6.07, 6.45) is -1.76. The number of esters is 2. The first kappa shape index (κ1) is 33.8. The summed E-state index contributed by atoms with van der Waals surface area (Å²) < 4.78 is 12.7. The monoisotopic (exact) mass is 675 g/mol. The van der Waals surface area contributed by atoms with Gasteiger partial charge in [-0.25, -0.2) is 37.7 Å². The number of nitrogens with zero attached hydrogens (tertiary/aromatic N) is 3. The first-order valence-corrected chi connectivity index (χ1v) is 15.8. The Hall–Kier alpha value is -6.11. The maximum atomic E-state index is 13.4. The number of aliphatic hydroxyl groups excluding tert-OH is 2. The standard InChI is InChI=1S/C38H33N3O9/c1-2-18-39-36(46)40(20-27(42)22-49-34(44)32-17-9-13-24-10-3-6-14-29(24)32)38(48)41(37(39)47)21-28(43)23-50-35(45)33-30-15-7-4-11-25(30)19-26-12-5-8-16-31(26)33/h2-17,19,27-28,42-43H,1,18,20-23H2. The minimum atomic E-state index is -1.53. The molecular formula is C38H33N3O9. The number of allylic oxidation sites excluding steroid dienone is 1. The van der Waals surface area contributed by atoms with Gasteiger partial charge in [0, 0.05) is 0 Å². The molecule has 12 nitrogen and oxygen atoms in total. The van der Waals surface area contributed by atoms with Crippen molar-refractivity contribution in [1.29, 1.82) is 0 Å². The average molecular weight is 676 g/mol. The van der Waals surface area contributed by atoms with Crippen LogP contribution in [0.2, 0.25) is 0 Å². The van der Waals surface area contributed by atoms with Gasteiger partial charge in [0.2, 0.25) is 0 Å². The molecule has 50 heavy (non-hydrogen) atoms. The van der Waals surface area contributed by atoms with Gasteiger partial charge in [-0.1, -0.05) is 91.0 Å².